The number of amides is 1. The summed E-state index contributed by atoms with van der Waals surface area (Å²) >= 11 is 0. The second kappa shape index (κ2) is 10.7. The molecule has 1 saturated heterocycles. The Kier molecular flexibility index (Phi) is 9.31. The normalized spacial score (nSPS) is 14.9. The summed E-state index contributed by atoms with van der Waals surface area (Å²) in [6, 6.07) is 8.41. The summed E-state index contributed by atoms with van der Waals surface area (Å²) < 4.78 is 10.5. The highest BCUT2D eigenvalue weighted by molar-refractivity contribution is 14.0. The molecular formula is C19H31IN4O3. The fourth-order valence-electron chi connectivity index (χ4n) is 2.62. The standard InChI is InChI=1S/C19H30N4O3.HI/c1-19(2,3)26-18(24)23-11-16(12-23)22-17(20-4)21-10-14-7-6-8-15(9-14)13-25-5;/h6-9,16H,10-13H2,1-5H3,(H2,20,21,22);1H. The molecule has 0 saturated carbocycles. The van der Waals surface area contributed by atoms with E-state index in [1.54, 1.807) is 19.1 Å². The van der Waals surface area contributed by atoms with Crippen LogP contribution in [0.5, 0.6) is 0 Å². The summed E-state index contributed by atoms with van der Waals surface area (Å²) in [5.74, 6) is 0.719. The van der Waals surface area contributed by atoms with Crippen LogP contribution >= 0.6 is 24.0 Å². The molecule has 1 aromatic rings. The van der Waals surface area contributed by atoms with E-state index < -0.39 is 5.60 Å². The molecule has 0 aromatic heterocycles. The van der Waals surface area contributed by atoms with Gasteiger partial charge in [-0.1, -0.05) is 24.3 Å². The van der Waals surface area contributed by atoms with E-state index in [2.05, 4.69) is 27.8 Å². The smallest absolute Gasteiger partial charge is 0.410 e. The molecule has 2 rings (SSSR count). The molecule has 1 amide bonds. The zero-order valence-corrected chi connectivity index (χ0v) is 19.1. The molecule has 1 aliphatic heterocycles. The van der Waals surface area contributed by atoms with Crippen LogP contribution in [0.3, 0.4) is 0 Å². The predicted octanol–water partition coefficient (Wildman–Crippen LogP) is 2.74. The first-order valence-electron chi connectivity index (χ1n) is 8.82. The fraction of sp³-hybridized carbons (Fsp3) is 0.579. The minimum Gasteiger partial charge on any atom is -0.444 e. The van der Waals surface area contributed by atoms with Gasteiger partial charge < -0.3 is 25.0 Å². The molecule has 1 heterocycles. The molecule has 8 heteroatoms. The molecule has 0 unspecified atom stereocenters. The average Bonchev–Trinajstić information content (AvgIpc) is 2.52. The van der Waals surface area contributed by atoms with Crippen molar-refractivity contribution in [2.75, 3.05) is 27.2 Å². The number of nitrogens with zero attached hydrogens (tertiary/aromatic N) is 2. The van der Waals surface area contributed by atoms with E-state index in [0.29, 0.717) is 26.2 Å². The van der Waals surface area contributed by atoms with Crippen molar-refractivity contribution in [3.63, 3.8) is 0 Å². The van der Waals surface area contributed by atoms with E-state index in [4.69, 9.17) is 9.47 Å². The first-order valence-corrected chi connectivity index (χ1v) is 8.82. The number of rotatable bonds is 5. The monoisotopic (exact) mass is 490 g/mol. The molecule has 0 aliphatic carbocycles. The van der Waals surface area contributed by atoms with Crippen molar-refractivity contribution < 1.29 is 14.3 Å². The molecule has 0 radical (unpaired) electrons. The number of carbonyl (C=O) groups is 1. The van der Waals surface area contributed by atoms with Crippen LogP contribution in [0.2, 0.25) is 0 Å². The van der Waals surface area contributed by atoms with Crippen molar-refractivity contribution in [3.05, 3.63) is 35.4 Å². The summed E-state index contributed by atoms with van der Waals surface area (Å²) in [7, 11) is 3.43. The lowest BCUT2D eigenvalue weighted by Crippen LogP contribution is -2.63. The Hall–Kier alpha value is -1.55. The maximum Gasteiger partial charge on any atom is 0.410 e. The highest BCUT2D eigenvalue weighted by Gasteiger charge is 2.34. The molecule has 2 N–H and O–H groups in total. The van der Waals surface area contributed by atoms with Gasteiger partial charge in [0, 0.05) is 33.8 Å². The van der Waals surface area contributed by atoms with Crippen LogP contribution in [0.25, 0.3) is 0 Å². The molecule has 1 aliphatic rings. The number of likely N-dealkylation sites (tertiary alicyclic amines) is 1. The van der Waals surface area contributed by atoms with Crippen LogP contribution in [-0.4, -0.2) is 55.8 Å². The summed E-state index contributed by atoms with van der Waals surface area (Å²) in [6.45, 7) is 8.09. The number of ether oxygens (including phenoxy) is 2. The lowest BCUT2D eigenvalue weighted by Gasteiger charge is -2.40. The van der Waals surface area contributed by atoms with E-state index in [0.717, 1.165) is 17.1 Å². The SMILES string of the molecule is CN=C(NCc1cccc(COC)c1)NC1CN(C(=O)OC(C)(C)C)C1.I. The second-order valence-electron chi connectivity index (χ2n) is 7.41. The van der Waals surface area contributed by atoms with Gasteiger partial charge in [-0.15, -0.1) is 24.0 Å². The van der Waals surface area contributed by atoms with Gasteiger partial charge in [0.15, 0.2) is 5.96 Å². The van der Waals surface area contributed by atoms with Crippen molar-refractivity contribution >= 4 is 36.0 Å². The van der Waals surface area contributed by atoms with Gasteiger partial charge in [0.25, 0.3) is 0 Å². The molecule has 27 heavy (non-hydrogen) atoms. The van der Waals surface area contributed by atoms with Crippen molar-refractivity contribution in [2.45, 2.75) is 45.6 Å². The molecule has 0 spiro atoms. The zero-order chi connectivity index (χ0) is 19.2. The van der Waals surface area contributed by atoms with E-state index >= 15 is 0 Å². The van der Waals surface area contributed by atoms with Crippen molar-refractivity contribution in [1.82, 2.24) is 15.5 Å². The van der Waals surface area contributed by atoms with Crippen LogP contribution in [0, 0.1) is 0 Å². The number of hydrogen-bond donors (Lipinski definition) is 2. The van der Waals surface area contributed by atoms with Gasteiger partial charge in [-0.05, 0) is 31.9 Å². The maximum absolute atomic E-state index is 12.0. The van der Waals surface area contributed by atoms with E-state index in [1.165, 1.54) is 0 Å². The predicted molar refractivity (Wildman–Crippen MR) is 117 cm³/mol. The molecule has 152 valence electrons. The summed E-state index contributed by atoms with van der Waals surface area (Å²) in [6.07, 6.45) is -0.270. The van der Waals surface area contributed by atoms with Gasteiger partial charge in [-0.2, -0.15) is 0 Å². The first kappa shape index (κ1) is 23.5. The minimum absolute atomic E-state index is 0. The topological polar surface area (TPSA) is 75.2 Å². The van der Waals surface area contributed by atoms with Crippen molar-refractivity contribution in [1.29, 1.82) is 0 Å². The number of methoxy groups -OCH3 is 1. The number of aliphatic imine (C=N–C) groups is 1. The number of halogens is 1. The van der Waals surface area contributed by atoms with Crippen LogP contribution in [-0.2, 0) is 22.6 Å². The number of nitrogens with one attached hydrogen (secondary N) is 2. The number of carbonyl (C=O) groups excluding carboxylic acids is 1. The third-order valence-corrected chi connectivity index (χ3v) is 3.86. The largest absolute Gasteiger partial charge is 0.444 e. The Bertz CT molecular complexity index is 640. The van der Waals surface area contributed by atoms with Gasteiger partial charge in [0.2, 0.25) is 0 Å². The lowest BCUT2D eigenvalue weighted by atomic mass is 10.1. The summed E-state index contributed by atoms with van der Waals surface area (Å²) in [5, 5.41) is 6.63. The van der Waals surface area contributed by atoms with Crippen LogP contribution in [0.15, 0.2) is 29.3 Å². The maximum atomic E-state index is 12.0. The van der Waals surface area contributed by atoms with Crippen molar-refractivity contribution in [3.8, 4) is 0 Å². The van der Waals surface area contributed by atoms with E-state index in [9.17, 15) is 4.79 Å². The highest BCUT2D eigenvalue weighted by atomic mass is 127. The second-order valence-corrected chi connectivity index (χ2v) is 7.41. The third kappa shape index (κ3) is 7.92. The molecule has 1 fully saturated rings. The fourth-order valence-corrected chi connectivity index (χ4v) is 2.62. The quantitative estimate of drug-likeness (QED) is 0.377. The summed E-state index contributed by atoms with van der Waals surface area (Å²) in [5.41, 5.74) is 1.83. The summed E-state index contributed by atoms with van der Waals surface area (Å²) in [4.78, 5) is 17.9. The molecule has 7 nitrogen and oxygen atoms in total. The lowest BCUT2D eigenvalue weighted by molar-refractivity contribution is 0.00701. The van der Waals surface area contributed by atoms with Gasteiger partial charge in [0.1, 0.15) is 5.60 Å². The molecule has 0 bridgehead atoms. The zero-order valence-electron chi connectivity index (χ0n) is 16.7. The third-order valence-electron chi connectivity index (χ3n) is 3.86. The Morgan fingerprint density at radius 1 is 1.30 bits per heavy atom. The minimum atomic E-state index is -0.468. The van der Waals surface area contributed by atoms with Gasteiger partial charge in [-0.3, -0.25) is 4.99 Å². The van der Waals surface area contributed by atoms with Crippen LogP contribution in [0.4, 0.5) is 4.79 Å². The Morgan fingerprint density at radius 3 is 2.56 bits per heavy atom. The van der Waals surface area contributed by atoms with Gasteiger partial charge in [-0.25, -0.2) is 4.79 Å². The highest BCUT2D eigenvalue weighted by Crippen LogP contribution is 2.15. The van der Waals surface area contributed by atoms with Crippen molar-refractivity contribution in [2.24, 2.45) is 4.99 Å². The average molecular weight is 490 g/mol. The van der Waals surface area contributed by atoms with E-state index in [1.807, 2.05) is 32.9 Å². The first-order chi connectivity index (χ1) is 12.3. The number of benzene rings is 1. The Morgan fingerprint density at radius 2 is 1.96 bits per heavy atom. The van der Waals surface area contributed by atoms with Crippen LogP contribution < -0.4 is 10.6 Å². The molecule has 1 aromatic carbocycles. The molecular weight excluding hydrogens is 459 g/mol. The molecule has 0 atom stereocenters. The van der Waals surface area contributed by atoms with Gasteiger partial charge in [0.05, 0.1) is 12.6 Å². The Balaban J connectivity index is 0.00000364. The van der Waals surface area contributed by atoms with Gasteiger partial charge >= 0.3 is 6.09 Å². The van der Waals surface area contributed by atoms with E-state index in [-0.39, 0.29) is 36.1 Å². The number of hydrogen-bond acceptors (Lipinski definition) is 4. The van der Waals surface area contributed by atoms with Crippen LogP contribution in [0.1, 0.15) is 31.9 Å². The number of guanidine groups is 1. The Labute approximate surface area is 178 Å².